The Morgan fingerprint density at radius 1 is 1.11 bits per heavy atom. The van der Waals surface area contributed by atoms with E-state index in [-0.39, 0.29) is 5.75 Å². The summed E-state index contributed by atoms with van der Waals surface area (Å²) in [5.41, 5.74) is 0.994. The van der Waals surface area contributed by atoms with Crippen molar-refractivity contribution in [2.75, 3.05) is 12.3 Å². The first-order valence-corrected chi connectivity index (χ1v) is 7.94. The van der Waals surface area contributed by atoms with Crippen molar-refractivity contribution in [1.82, 2.24) is 4.31 Å². The number of nitrogens with zero attached hydrogens (tertiary/aromatic N) is 1. The van der Waals surface area contributed by atoms with Gasteiger partial charge in [0.2, 0.25) is 10.0 Å². The first-order chi connectivity index (χ1) is 9.10. The molecule has 1 rings (SSSR count). The van der Waals surface area contributed by atoms with E-state index < -0.39 is 10.0 Å². The summed E-state index contributed by atoms with van der Waals surface area (Å²) in [5.74, 6) is -0.0199. The molecule has 0 N–H and O–H groups in total. The van der Waals surface area contributed by atoms with Gasteiger partial charge in [-0.1, -0.05) is 42.5 Å². The van der Waals surface area contributed by atoms with Gasteiger partial charge < -0.3 is 0 Å². The lowest BCUT2D eigenvalue weighted by atomic mass is 10.2. The van der Waals surface area contributed by atoms with Crippen molar-refractivity contribution in [1.29, 1.82) is 0 Å². The van der Waals surface area contributed by atoms with Gasteiger partial charge >= 0.3 is 0 Å². The predicted molar refractivity (Wildman–Crippen MR) is 80.3 cm³/mol. The molecule has 3 nitrogen and oxygen atoms in total. The Hall–Kier alpha value is -1.39. The average molecular weight is 279 g/mol. The molecular formula is C15H21NO2S. The van der Waals surface area contributed by atoms with Gasteiger partial charge in [0.25, 0.3) is 0 Å². The predicted octanol–water partition coefficient (Wildman–Crippen LogP) is 2.97. The highest BCUT2D eigenvalue weighted by Crippen LogP contribution is 2.11. The number of allylic oxidation sites excluding steroid dienone is 1. The number of sulfonamides is 1. The lowest BCUT2D eigenvalue weighted by molar-refractivity contribution is 0.402. The SMILES string of the molecule is C=CCCCN(Cc1ccccc1)S(=O)(=O)CC=C. The van der Waals surface area contributed by atoms with Crippen molar-refractivity contribution < 1.29 is 8.42 Å². The Morgan fingerprint density at radius 3 is 2.37 bits per heavy atom. The van der Waals surface area contributed by atoms with Crippen molar-refractivity contribution in [3.63, 3.8) is 0 Å². The largest absolute Gasteiger partial charge is 0.217 e. The van der Waals surface area contributed by atoms with Gasteiger partial charge in [-0.15, -0.1) is 13.2 Å². The molecule has 1 aromatic carbocycles. The summed E-state index contributed by atoms with van der Waals surface area (Å²) >= 11 is 0. The van der Waals surface area contributed by atoms with E-state index in [1.165, 1.54) is 10.4 Å². The van der Waals surface area contributed by atoms with E-state index in [9.17, 15) is 8.42 Å². The Morgan fingerprint density at radius 2 is 1.79 bits per heavy atom. The molecule has 0 bridgehead atoms. The molecule has 0 spiro atoms. The summed E-state index contributed by atoms with van der Waals surface area (Å²) in [5, 5.41) is 0. The fourth-order valence-electron chi connectivity index (χ4n) is 1.77. The molecule has 0 aromatic heterocycles. The van der Waals surface area contributed by atoms with E-state index in [1.54, 1.807) is 6.08 Å². The molecule has 0 aliphatic heterocycles. The Bertz CT molecular complexity index is 494. The molecule has 0 saturated carbocycles. The van der Waals surface area contributed by atoms with Crippen LogP contribution in [0.1, 0.15) is 18.4 Å². The minimum atomic E-state index is -3.27. The smallest absolute Gasteiger partial charge is 0.212 e. The maximum absolute atomic E-state index is 12.2. The lowest BCUT2D eigenvalue weighted by Gasteiger charge is -2.21. The fraction of sp³-hybridized carbons (Fsp3) is 0.333. The minimum Gasteiger partial charge on any atom is -0.212 e. The zero-order chi connectivity index (χ0) is 14.1. The van der Waals surface area contributed by atoms with E-state index in [0.717, 1.165) is 18.4 Å². The number of rotatable bonds is 9. The topological polar surface area (TPSA) is 37.4 Å². The molecule has 0 unspecified atom stereocenters. The maximum Gasteiger partial charge on any atom is 0.217 e. The summed E-state index contributed by atoms with van der Waals surface area (Å²) in [4.78, 5) is 0. The van der Waals surface area contributed by atoms with Crippen LogP contribution in [0.2, 0.25) is 0 Å². The third-order valence-electron chi connectivity index (χ3n) is 2.74. The molecule has 0 amide bonds. The van der Waals surface area contributed by atoms with Crippen molar-refractivity contribution >= 4 is 10.0 Å². The Kier molecular flexibility index (Phi) is 6.53. The number of unbranched alkanes of at least 4 members (excludes halogenated alkanes) is 1. The molecule has 0 saturated heterocycles. The highest BCUT2D eigenvalue weighted by atomic mass is 32.2. The second kappa shape index (κ2) is 7.92. The normalized spacial score (nSPS) is 11.4. The van der Waals surface area contributed by atoms with Crippen LogP contribution >= 0.6 is 0 Å². The van der Waals surface area contributed by atoms with Crippen molar-refractivity contribution in [2.24, 2.45) is 0 Å². The van der Waals surface area contributed by atoms with Crippen molar-refractivity contribution in [2.45, 2.75) is 19.4 Å². The zero-order valence-electron chi connectivity index (χ0n) is 11.2. The molecular weight excluding hydrogens is 258 g/mol. The van der Waals surface area contributed by atoms with Crippen LogP contribution in [0.3, 0.4) is 0 Å². The summed E-state index contributed by atoms with van der Waals surface area (Å²) < 4.78 is 25.8. The number of benzene rings is 1. The Labute approximate surface area is 116 Å². The molecule has 0 radical (unpaired) electrons. The molecule has 19 heavy (non-hydrogen) atoms. The van der Waals surface area contributed by atoms with Gasteiger partial charge in [-0.3, -0.25) is 0 Å². The first kappa shape index (κ1) is 15.7. The molecule has 0 aliphatic rings. The molecule has 1 aromatic rings. The first-order valence-electron chi connectivity index (χ1n) is 6.33. The summed E-state index contributed by atoms with van der Waals surface area (Å²) in [6.07, 6.45) is 4.84. The monoisotopic (exact) mass is 279 g/mol. The molecule has 0 aliphatic carbocycles. The highest BCUT2D eigenvalue weighted by molar-refractivity contribution is 7.89. The van der Waals surface area contributed by atoms with E-state index in [2.05, 4.69) is 13.2 Å². The van der Waals surface area contributed by atoms with Gasteiger partial charge in [0.15, 0.2) is 0 Å². The molecule has 4 heteroatoms. The highest BCUT2D eigenvalue weighted by Gasteiger charge is 2.20. The molecule has 0 heterocycles. The minimum absolute atomic E-state index is 0.0199. The third-order valence-corrected chi connectivity index (χ3v) is 4.49. The fourth-order valence-corrected chi connectivity index (χ4v) is 3.03. The average Bonchev–Trinajstić information content (AvgIpc) is 2.39. The van der Waals surface area contributed by atoms with Crippen LogP contribution in [0, 0.1) is 0 Å². The van der Waals surface area contributed by atoms with Crippen LogP contribution in [0.4, 0.5) is 0 Å². The number of hydrogen-bond acceptors (Lipinski definition) is 2. The zero-order valence-corrected chi connectivity index (χ0v) is 12.0. The van der Waals surface area contributed by atoms with Gasteiger partial charge in [-0.25, -0.2) is 8.42 Å². The van der Waals surface area contributed by atoms with E-state index >= 15 is 0 Å². The van der Waals surface area contributed by atoms with Crippen LogP contribution in [0.15, 0.2) is 55.6 Å². The van der Waals surface area contributed by atoms with Gasteiger partial charge in [-0.05, 0) is 18.4 Å². The summed E-state index contributed by atoms with van der Waals surface area (Å²) in [6.45, 7) is 8.09. The standard InChI is InChI=1S/C15H21NO2S/c1-3-5-9-12-16(19(17,18)13-4-2)14-15-10-7-6-8-11-15/h3-4,6-8,10-11H,1-2,5,9,12-14H2. The summed E-state index contributed by atoms with van der Waals surface area (Å²) in [7, 11) is -3.27. The van der Waals surface area contributed by atoms with E-state index in [0.29, 0.717) is 13.1 Å². The van der Waals surface area contributed by atoms with E-state index in [1.807, 2.05) is 30.3 Å². The second-order valence-corrected chi connectivity index (χ2v) is 6.33. The maximum atomic E-state index is 12.2. The van der Waals surface area contributed by atoms with Gasteiger partial charge in [0.05, 0.1) is 5.75 Å². The molecule has 104 valence electrons. The number of hydrogen-bond donors (Lipinski definition) is 0. The molecule has 0 fully saturated rings. The van der Waals surface area contributed by atoms with Crippen LogP contribution in [0.25, 0.3) is 0 Å². The quantitative estimate of drug-likeness (QED) is 0.515. The van der Waals surface area contributed by atoms with Gasteiger partial charge in [-0.2, -0.15) is 4.31 Å². The second-order valence-electron chi connectivity index (χ2n) is 4.32. The third kappa shape index (κ3) is 5.41. The van der Waals surface area contributed by atoms with Crippen molar-refractivity contribution in [3.05, 3.63) is 61.2 Å². The summed E-state index contributed by atoms with van der Waals surface area (Å²) in [6, 6.07) is 9.62. The van der Waals surface area contributed by atoms with Crippen LogP contribution in [-0.2, 0) is 16.6 Å². The van der Waals surface area contributed by atoms with Crippen molar-refractivity contribution in [3.8, 4) is 0 Å². The Balaban J connectivity index is 2.80. The van der Waals surface area contributed by atoms with E-state index in [4.69, 9.17) is 0 Å². The lowest BCUT2D eigenvalue weighted by Crippen LogP contribution is -2.33. The van der Waals surface area contributed by atoms with Gasteiger partial charge in [0.1, 0.15) is 0 Å². The van der Waals surface area contributed by atoms with Gasteiger partial charge in [0, 0.05) is 13.1 Å². The van der Waals surface area contributed by atoms with Crippen LogP contribution in [0.5, 0.6) is 0 Å². The molecule has 0 atom stereocenters. The van der Waals surface area contributed by atoms with Crippen LogP contribution in [-0.4, -0.2) is 25.0 Å². The van der Waals surface area contributed by atoms with Crippen LogP contribution < -0.4 is 0 Å².